The summed E-state index contributed by atoms with van der Waals surface area (Å²) in [4.78, 5) is 8.38. The number of fused-ring (bicyclic) bond motifs is 1. The van der Waals surface area contributed by atoms with Gasteiger partial charge in [0.25, 0.3) is 0 Å². The summed E-state index contributed by atoms with van der Waals surface area (Å²) in [6.07, 6.45) is 0. The molecular formula is C7H7ClN2S. The number of nitrogens with zero attached hydrogens (tertiary/aromatic N) is 2. The molecule has 58 valence electrons. The molecule has 0 fully saturated rings. The third kappa shape index (κ3) is 1.23. The lowest BCUT2D eigenvalue weighted by molar-refractivity contribution is 0.988. The van der Waals surface area contributed by atoms with Crippen LogP contribution >= 0.6 is 23.4 Å². The monoisotopic (exact) mass is 186 g/mol. The van der Waals surface area contributed by atoms with E-state index in [2.05, 4.69) is 9.97 Å². The van der Waals surface area contributed by atoms with Gasteiger partial charge in [0.2, 0.25) is 0 Å². The molecule has 2 nitrogen and oxygen atoms in total. The van der Waals surface area contributed by atoms with Crippen LogP contribution in [0.25, 0.3) is 0 Å². The SMILES string of the molecule is Cc1nc(Cl)c2c(n1)CSC2. The first-order valence-corrected chi connectivity index (χ1v) is 4.90. The molecule has 0 spiro atoms. The van der Waals surface area contributed by atoms with Gasteiger partial charge in [-0.25, -0.2) is 9.97 Å². The van der Waals surface area contributed by atoms with Crippen molar-refractivity contribution >= 4 is 23.4 Å². The first-order valence-electron chi connectivity index (χ1n) is 3.37. The highest BCUT2D eigenvalue weighted by Gasteiger charge is 2.16. The maximum absolute atomic E-state index is 5.91. The van der Waals surface area contributed by atoms with E-state index in [0.717, 1.165) is 28.6 Å². The van der Waals surface area contributed by atoms with Crippen LogP contribution in [0.15, 0.2) is 0 Å². The van der Waals surface area contributed by atoms with Gasteiger partial charge >= 0.3 is 0 Å². The van der Waals surface area contributed by atoms with Gasteiger partial charge in [0.15, 0.2) is 0 Å². The van der Waals surface area contributed by atoms with Crippen LogP contribution in [-0.4, -0.2) is 9.97 Å². The van der Waals surface area contributed by atoms with Crippen molar-refractivity contribution in [1.29, 1.82) is 0 Å². The lowest BCUT2D eigenvalue weighted by Gasteiger charge is -1.99. The predicted molar refractivity (Wildman–Crippen MR) is 46.8 cm³/mol. The zero-order valence-electron chi connectivity index (χ0n) is 6.09. The highest BCUT2D eigenvalue weighted by Crippen LogP contribution is 2.32. The van der Waals surface area contributed by atoms with Gasteiger partial charge in [0.05, 0.1) is 5.69 Å². The Labute approximate surface area is 74.4 Å². The lowest BCUT2D eigenvalue weighted by Crippen LogP contribution is -1.96. The Morgan fingerprint density at radius 1 is 1.36 bits per heavy atom. The van der Waals surface area contributed by atoms with Gasteiger partial charge < -0.3 is 0 Å². The van der Waals surface area contributed by atoms with Crippen molar-refractivity contribution in [3.63, 3.8) is 0 Å². The highest BCUT2D eigenvalue weighted by molar-refractivity contribution is 7.98. The second-order valence-electron chi connectivity index (χ2n) is 2.48. The number of aryl methyl sites for hydroxylation is 1. The summed E-state index contributed by atoms with van der Waals surface area (Å²) in [5, 5.41) is 0.637. The molecule has 11 heavy (non-hydrogen) atoms. The summed E-state index contributed by atoms with van der Waals surface area (Å²) in [6, 6.07) is 0. The van der Waals surface area contributed by atoms with Crippen molar-refractivity contribution in [3.05, 3.63) is 22.2 Å². The highest BCUT2D eigenvalue weighted by atomic mass is 35.5. The number of hydrogen-bond donors (Lipinski definition) is 0. The average Bonchev–Trinajstić information content (AvgIpc) is 2.34. The van der Waals surface area contributed by atoms with E-state index >= 15 is 0 Å². The molecule has 0 bridgehead atoms. The second kappa shape index (κ2) is 2.64. The molecule has 1 aliphatic heterocycles. The molecule has 2 rings (SSSR count). The van der Waals surface area contributed by atoms with Crippen molar-refractivity contribution in [1.82, 2.24) is 9.97 Å². The Bertz CT molecular complexity index is 301. The molecule has 0 saturated carbocycles. The molecule has 4 heteroatoms. The summed E-state index contributed by atoms with van der Waals surface area (Å²) < 4.78 is 0. The zero-order valence-corrected chi connectivity index (χ0v) is 7.67. The molecular weight excluding hydrogens is 180 g/mol. The van der Waals surface area contributed by atoms with Crippen LogP contribution in [0.3, 0.4) is 0 Å². The Kier molecular flexibility index (Phi) is 1.77. The Balaban J connectivity index is 2.60. The number of aromatic nitrogens is 2. The van der Waals surface area contributed by atoms with Crippen LogP contribution in [-0.2, 0) is 11.5 Å². The van der Waals surface area contributed by atoms with Crippen LogP contribution in [0.1, 0.15) is 17.1 Å². The standard InChI is InChI=1S/C7H7ClN2S/c1-4-9-6-3-11-2-5(6)7(8)10-4/h2-3H2,1H3. The van der Waals surface area contributed by atoms with Crippen LogP contribution in [0.2, 0.25) is 5.15 Å². The van der Waals surface area contributed by atoms with E-state index in [9.17, 15) is 0 Å². The largest absolute Gasteiger partial charge is 0.237 e. The number of halogens is 1. The lowest BCUT2D eigenvalue weighted by atomic mass is 10.3. The van der Waals surface area contributed by atoms with E-state index in [1.54, 1.807) is 0 Å². The van der Waals surface area contributed by atoms with Gasteiger partial charge in [-0.2, -0.15) is 11.8 Å². The molecule has 1 aliphatic rings. The van der Waals surface area contributed by atoms with E-state index in [-0.39, 0.29) is 0 Å². The van der Waals surface area contributed by atoms with Crippen molar-refractivity contribution in [2.45, 2.75) is 18.4 Å². The van der Waals surface area contributed by atoms with Crippen molar-refractivity contribution < 1.29 is 0 Å². The minimum atomic E-state index is 0.637. The van der Waals surface area contributed by atoms with Gasteiger partial charge in [-0.1, -0.05) is 11.6 Å². The van der Waals surface area contributed by atoms with Crippen LogP contribution in [0.4, 0.5) is 0 Å². The van der Waals surface area contributed by atoms with Gasteiger partial charge in [-0.3, -0.25) is 0 Å². The Morgan fingerprint density at radius 2 is 2.18 bits per heavy atom. The molecule has 0 saturated heterocycles. The van der Waals surface area contributed by atoms with E-state index in [1.165, 1.54) is 0 Å². The minimum Gasteiger partial charge on any atom is -0.237 e. The molecule has 0 radical (unpaired) electrons. The normalized spacial score (nSPS) is 15.1. The predicted octanol–water partition coefficient (Wildman–Crippen LogP) is 2.19. The fraction of sp³-hybridized carbons (Fsp3) is 0.429. The van der Waals surface area contributed by atoms with Crippen LogP contribution in [0.5, 0.6) is 0 Å². The maximum Gasteiger partial charge on any atom is 0.137 e. The van der Waals surface area contributed by atoms with Gasteiger partial charge in [-0.15, -0.1) is 0 Å². The molecule has 1 aromatic rings. The Hall–Kier alpha value is -0.280. The van der Waals surface area contributed by atoms with Crippen molar-refractivity contribution in [2.24, 2.45) is 0 Å². The summed E-state index contributed by atoms with van der Waals surface area (Å²) in [6.45, 7) is 1.87. The average molecular weight is 187 g/mol. The van der Waals surface area contributed by atoms with E-state index < -0.39 is 0 Å². The molecule has 0 atom stereocenters. The fourth-order valence-corrected chi connectivity index (χ4v) is 2.55. The fourth-order valence-electron chi connectivity index (χ4n) is 1.13. The topological polar surface area (TPSA) is 25.8 Å². The Morgan fingerprint density at radius 3 is 3.00 bits per heavy atom. The number of rotatable bonds is 0. The summed E-state index contributed by atoms with van der Waals surface area (Å²) >= 11 is 7.75. The van der Waals surface area contributed by atoms with Crippen LogP contribution in [0, 0.1) is 6.92 Å². The van der Waals surface area contributed by atoms with E-state index in [1.807, 2.05) is 18.7 Å². The molecule has 0 N–H and O–H groups in total. The summed E-state index contributed by atoms with van der Waals surface area (Å²) in [5.74, 6) is 2.73. The zero-order chi connectivity index (χ0) is 7.84. The smallest absolute Gasteiger partial charge is 0.137 e. The minimum absolute atomic E-state index is 0.637. The summed E-state index contributed by atoms with van der Waals surface area (Å²) in [5.41, 5.74) is 2.25. The molecule has 0 unspecified atom stereocenters. The van der Waals surface area contributed by atoms with E-state index in [4.69, 9.17) is 11.6 Å². The molecule has 1 aromatic heterocycles. The maximum atomic E-state index is 5.91. The quantitative estimate of drug-likeness (QED) is 0.581. The molecule has 0 aliphatic carbocycles. The van der Waals surface area contributed by atoms with Crippen LogP contribution < -0.4 is 0 Å². The first-order chi connectivity index (χ1) is 5.27. The van der Waals surface area contributed by atoms with Crippen molar-refractivity contribution in [2.75, 3.05) is 0 Å². The summed E-state index contributed by atoms with van der Waals surface area (Å²) in [7, 11) is 0. The van der Waals surface area contributed by atoms with Gasteiger partial charge in [0, 0.05) is 17.1 Å². The second-order valence-corrected chi connectivity index (χ2v) is 3.82. The van der Waals surface area contributed by atoms with Gasteiger partial charge in [-0.05, 0) is 6.92 Å². The third-order valence-electron chi connectivity index (χ3n) is 1.64. The number of hydrogen-bond acceptors (Lipinski definition) is 3. The van der Waals surface area contributed by atoms with Crippen molar-refractivity contribution in [3.8, 4) is 0 Å². The first kappa shape index (κ1) is 7.37. The molecule has 0 amide bonds. The van der Waals surface area contributed by atoms with Gasteiger partial charge in [0.1, 0.15) is 11.0 Å². The molecule has 2 heterocycles. The third-order valence-corrected chi connectivity index (χ3v) is 2.92. The van der Waals surface area contributed by atoms with E-state index in [0.29, 0.717) is 5.15 Å². The number of thioether (sulfide) groups is 1. The molecule has 0 aromatic carbocycles.